The summed E-state index contributed by atoms with van der Waals surface area (Å²) < 4.78 is 5.36. The molecule has 35 heavy (non-hydrogen) atoms. The van der Waals surface area contributed by atoms with Crippen molar-refractivity contribution in [2.75, 3.05) is 19.7 Å². The minimum Gasteiger partial charge on any atom is -0.508 e. The van der Waals surface area contributed by atoms with Gasteiger partial charge in [-0.05, 0) is 50.8 Å². The number of carbonyl (C=O) groups is 3. The number of unbranched alkanes of at least 4 members (excludes halogenated alkanes) is 2. The first-order valence-electron chi connectivity index (χ1n) is 12.4. The van der Waals surface area contributed by atoms with Crippen molar-refractivity contribution >= 4 is 17.9 Å². The van der Waals surface area contributed by atoms with E-state index in [0.717, 1.165) is 19.3 Å². The lowest BCUT2D eigenvalue weighted by molar-refractivity contribution is -0.144. The largest absolute Gasteiger partial charge is 0.508 e. The first-order chi connectivity index (χ1) is 16.4. The van der Waals surface area contributed by atoms with Crippen molar-refractivity contribution in [2.45, 2.75) is 84.9 Å². The van der Waals surface area contributed by atoms with Crippen LogP contribution in [0.2, 0.25) is 0 Å². The molecule has 0 aromatic heterocycles. The van der Waals surface area contributed by atoms with Gasteiger partial charge in [0, 0.05) is 13.1 Å². The van der Waals surface area contributed by atoms with Gasteiger partial charge in [0.05, 0.1) is 6.61 Å². The van der Waals surface area contributed by atoms with Crippen molar-refractivity contribution < 1.29 is 29.3 Å². The van der Waals surface area contributed by atoms with Gasteiger partial charge < -0.3 is 30.5 Å². The van der Waals surface area contributed by atoms with E-state index in [1.807, 2.05) is 13.8 Å². The summed E-state index contributed by atoms with van der Waals surface area (Å²) in [5.41, 5.74) is -0.261. The number of amides is 3. The number of aliphatic hydroxyl groups excluding tert-OH is 1. The highest BCUT2D eigenvalue weighted by Crippen LogP contribution is 2.26. The molecule has 0 bridgehead atoms. The SMILES string of the molecule is CCCCCNC(=O)C(c1ccc(O)cc1)N(CCO)C(=O)C(NC(=O)OC(C)(C)C)C(C)CC. The van der Waals surface area contributed by atoms with E-state index in [-0.39, 0.29) is 24.8 Å². The maximum Gasteiger partial charge on any atom is 0.408 e. The van der Waals surface area contributed by atoms with Crippen molar-refractivity contribution in [3.05, 3.63) is 29.8 Å². The molecule has 9 nitrogen and oxygen atoms in total. The van der Waals surface area contributed by atoms with E-state index in [2.05, 4.69) is 17.6 Å². The van der Waals surface area contributed by atoms with Crippen molar-refractivity contribution in [1.29, 1.82) is 0 Å². The van der Waals surface area contributed by atoms with Crippen LogP contribution in [0, 0.1) is 5.92 Å². The monoisotopic (exact) mass is 493 g/mol. The minimum atomic E-state index is -1.05. The van der Waals surface area contributed by atoms with Gasteiger partial charge in [0.15, 0.2) is 0 Å². The third-order valence-corrected chi connectivity index (χ3v) is 5.62. The molecule has 0 aliphatic rings. The van der Waals surface area contributed by atoms with Crippen LogP contribution in [-0.2, 0) is 14.3 Å². The molecule has 3 amide bonds. The summed E-state index contributed by atoms with van der Waals surface area (Å²) in [6.07, 6.45) is 2.62. The number of alkyl carbamates (subject to hydrolysis) is 1. The zero-order chi connectivity index (χ0) is 26.6. The molecule has 0 saturated carbocycles. The number of hydrogen-bond donors (Lipinski definition) is 4. The normalized spacial score (nSPS) is 13.9. The number of phenolic OH excluding ortho intramolecular Hbond substituents is 1. The standard InChI is InChI=1S/C26H43N3O6/c1-7-9-10-15-27-23(32)22(19-11-13-20(31)14-12-19)29(16-17-30)24(33)21(18(3)8-2)28-25(34)35-26(4,5)6/h11-14,18,21-22,30-31H,7-10,15-17H2,1-6H3,(H,27,32)(H,28,34). The van der Waals surface area contributed by atoms with E-state index in [0.29, 0.717) is 18.5 Å². The van der Waals surface area contributed by atoms with Crippen LogP contribution >= 0.6 is 0 Å². The van der Waals surface area contributed by atoms with Crippen LogP contribution in [0.25, 0.3) is 0 Å². The average molecular weight is 494 g/mol. The van der Waals surface area contributed by atoms with Gasteiger partial charge in [0.25, 0.3) is 0 Å². The molecule has 3 unspecified atom stereocenters. The number of aromatic hydroxyl groups is 1. The second-order valence-electron chi connectivity index (χ2n) is 9.76. The van der Waals surface area contributed by atoms with Crippen LogP contribution < -0.4 is 10.6 Å². The Hall–Kier alpha value is -2.81. The molecule has 1 rings (SSSR count). The highest BCUT2D eigenvalue weighted by Gasteiger charge is 2.37. The van der Waals surface area contributed by atoms with Gasteiger partial charge in [-0.2, -0.15) is 0 Å². The molecule has 0 aliphatic carbocycles. The van der Waals surface area contributed by atoms with E-state index in [4.69, 9.17) is 4.74 Å². The molecular formula is C26H43N3O6. The Morgan fingerprint density at radius 3 is 2.23 bits per heavy atom. The van der Waals surface area contributed by atoms with Crippen molar-refractivity contribution in [3.8, 4) is 5.75 Å². The lowest BCUT2D eigenvalue weighted by Crippen LogP contribution is -2.55. The highest BCUT2D eigenvalue weighted by molar-refractivity contribution is 5.92. The quantitative estimate of drug-likeness (QED) is 0.311. The van der Waals surface area contributed by atoms with Gasteiger partial charge in [0.1, 0.15) is 23.4 Å². The van der Waals surface area contributed by atoms with Crippen molar-refractivity contribution in [3.63, 3.8) is 0 Å². The van der Waals surface area contributed by atoms with E-state index in [1.165, 1.54) is 17.0 Å². The predicted octanol–water partition coefficient (Wildman–Crippen LogP) is 3.50. The molecule has 0 aliphatic heterocycles. The maximum absolute atomic E-state index is 13.8. The van der Waals surface area contributed by atoms with Crippen LogP contribution in [0.4, 0.5) is 4.79 Å². The Morgan fingerprint density at radius 2 is 1.71 bits per heavy atom. The summed E-state index contributed by atoms with van der Waals surface area (Å²) in [5, 5.41) is 25.1. The Morgan fingerprint density at radius 1 is 1.09 bits per heavy atom. The zero-order valence-corrected chi connectivity index (χ0v) is 22.0. The molecule has 9 heteroatoms. The lowest BCUT2D eigenvalue weighted by Gasteiger charge is -2.35. The van der Waals surface area contributed by atoms with Crippen LogP contribution in [0.1, 0.15) is 78.8 Å². The summed E-state index contributed by atoms with van der Waals surface area (Å²) in [6.45, 7) is 11.0. The summed E-state index contributed by atoms with van der Waals surface area (Å²) in [7, 11) is 0. The molecule has 0 fully saturated rings. The molecule has 198 valence electrons. The zero-order valence-electron chi connectivity index (χ0n) is 22.0. The first kappa shape index (κ1) is 30.2. The van der Waals surface area contributed by atoms with Gasteiger partial charge in [0.2, 0.25) is 11.8 Å². The number of hydrogen-bond acceptors (Lipinski definition) is 6. The maximum atomic E-state index is 13.8. The van der Waals surface area contributed by atoms with Gasteiger partial charge >= 0.3 is 6.09 Å². The molecule has 0 radical (unpaired) electrons. The second kappa shape index (κ2) is 14.6. The number of aliphatic hydroxyl groups is 1. The second-order valence-corrected chi connectivity index (χ2v) is 9.76. The third kappa shape index (κ3) is 10.1. The number of ether oxygens (including phenoxy) is 1. The summed E-state index contributed by atoms with van der Waals surface area (Å²) in [4.78, 5) is 41.0. The molecule has 0 spiro atoms. The fourth-order valence-corrected chi connectivity index (χ4v) is 3.58. The molecule has 3 atom stereocenters. The summed E-state index contributed by atoms with van der Waals surface area (Å²) >= 11 is 0. The highest BCUT2D eigenvalue weighted by atomic mass is 16.6. The van der Waals surface area contributed by atoms with E-state index in [9.17, 15) is 24.6 Å². The fourth-order valence-electron chi connectivity index (χ4n) is 3.58. The topological polar surface area (TPSA) is 128 Å². The number of phenols is 1. The van der Waals surface area contributed by atoms with Gasteiger partial charge in [-0.25, -0.2) is 4.79 Å². The van der Waals surface area contributed by atoms with Gasteiger partial charge in [-0.15, -0.1) is 0 Å². The number of rotatable bonds is 13. The number of nitrogens with zero attached hydrogens (tertiary/aromatic N) is 1. The molecule has 0 saturated heterocycles. The molecule has 0 heterocycles. The average Bonchev–Trinajstić information content (AvgIpc) is 2.79. The Balaban J connectivity index is 3.35. The van der Waals surface area contributed by atoms with E-state index < -0.39 is 35.6 Å². The number of carbonyl (C=O) groups excluding carboxylic acids is 3. The number of benzene rings is 1. The Bertz CT molecular complexity index is 806. The molecule has 1 aromatic carbocycles. The fraction of sp³-hybridized carbons (Fsp3) is 0.654. The van der Waals surface area contributed by atoms with Crippen LogP contribution in [0.15, 0.2) is 24.3 Å². The van der Waals surface area contributed by atoms with Crippen molar-refractivity contribution in [1.82, 2.24) is 15.5 Å². The molecule has 4 N–H and O–H groups in total. The Kier molecular flexibility index (Phi) is 12.6. The van der Waals surface area contributed by atoms with Crippen molar-refractivity contribution in [2.24, 2.45) is 5.92 Å². The third-order valence-electron chi connectivity index (χ3n) is 5.62. The van der Waals surface area contributed by atoms with Crippen LogP contribution in [0.5, 0.6) is 5.75 Å². The first-order valence-corrected chi connectivity index (χ1v) is 12.4. The van der Waals surface area contributed by atoms with Gasteiger partial charge in [-0.1, -0.05) is 52.2 Å². The summed E-state index contributed by atoms with van der Waals surface area (Å²) in [6, 6.07) is 4.02. The smallest absolute Gasteiger partial charge is 0.408 e. The van der Waals surface area contributed by atoms with E-state index in [1.54, 1.807) is 32.9 Å². The van der Waals surface area contributed by atoms with Crippen LogP contribution in [0.3, 0.4) is 0 Å². The molecule has 1 aromatic rings. The minimum absolute atomic E-state index is 0.0277. The lowest BCUT2D eigenvalue weighted by atomic mass is 9.95. The van der Waals surface area contributed by atoms with E-state index >= 15 is 0 Å². The molecular weight excluding hydrogens is 450 g/mol. The number of nitrogens with one attached hydrogen (secondary N) is 2. The van der Waals surface area contributed by atoms with Crippen LogP contribution in [-0.4, -0.2) is 64.4 Å². The predicted molar refractivity (Wildman–Crippen MR) is 135 cm³/mol. The van der Waals surface area contributed by atoms with Gasteiger partial charge in [-0.3, -0.25) is 9.59 Å². The summed E-state index contributed by atoms with van der Waals surface area (Å²) in [5.74, 6) is -1.13. The Labute approximate surface area is 209 Å².